The van der Waals surface area contributed by atoms with Crippen LogP contribution in [0.4, 0.5) is 5.82 Å². The molecule has 0 saturated heterocycles. The number of aryl methyl sites for hydroxylation is 2. The second-order valence-electron chi connectivity index (χ2n) is 4.04. The normalized spacial score (nSPS) is 11.0. The molecule has 0 aliphatic rings. The van der Waals surface area contributed by atoms with Crippen molar-refractivity contribution in [3.63, 3.8) is 0 Å². The minimum absolute atomic E-state index is 0.186. The fourth-order valence-corrected chi connectivity index (χ4v) is 2.72. The van der Waals surface area contributed by atoms with Crippen molar-refractivity contribution in [3.8, 4) is 0 Å². The number of carbonyl (C=O) groups is 1. The number of nitrogens with zero attached hydrogens (tertiary/aromatic N) is 2. The summed E-state index contributed by atoms with van der Waals surface area (Å²) in [4.78, 5) is 12.1. The summed E-state index contributed by atoms with van der Waals surface area (Å²) in [5, 5.41) is 8.46. The van der Waals surface area contributed by atoms with Crippen molar-refractivity contribution < 1.29 is 9.32 Å². The highest BCUT2D eigenvalue weighted by atomic mass is 32.1. The van der Waals surface area contributed by atoms with Crippen LogP contribution in [-0.4, -0.2) is 15.6 Å². The molecule has 0 aromatic carbocycles. The molecule has 3 heterocycles. The van der Waals surface area contributed by atoms with Gasteiger partial charge in [0.2, 0.25) is 0 Å². The Morgan fingerprint density at radius 1 is 1.50 bits per heavy atom. The minimum Gasteiger partial charge on any atom is -0.360 e. The summed E-state index contributed by atoms with van der Waals surface area (Å²) >= 11 is 1.62. The zero-order valence-corrected chi connectivity index (χ0v) is 10.7. The van der Waals surface area contributed by atoms with Gasteiger partial charge in [-0.1, -0.05) is 5.16 Å². The van der Waals surface area contributed by atoms with Crippen molar-refractivity contribution in [2.75, 3.05) is 5.32 Å². The van der Waals surface area contributed by atoms with E-state index in [1.54, 1.807) is 24.3 Å². The lowest BCUT2D eigenvalue weighted by Crippen LogP contribution is -2.15. The first-order valence-electron chi connectivity index (χ1n) is 5.43. The van der Waals surface area contributed by atoms with Gasteiger partial charge in [-0.15, -0.1) is 11.3 Å². The van der Waals surface area contributed by atoms with Crippen molar-refractivity contribution in [2.45, 2.75) is 6.92 Å². The van der Waals surface area contributed by atoms with Gasteiger partial charge >= 0.3 is 0 Å². The van der Waals surface area contributed by atoms with Crippen molar-refractivity contribution in [3.05, 3.63) is 35.0 Å². The molecule has 3 rings (SSSR count). The van der Waals surface area contributed by atoms with Gasteiger partial charge in [0.1, 0.15) is 11.5 Å². The molecule has 1 amide bonds. The Morgan fingerprint density at radius 3 is 3.00 bits per heavy atom. The summed E-state index contributed by atoms with van der Waals surface area (Å²) in [6, 6.07) is 5.56. The molecular weight excluding hydrogens is 250 g/mol. The molecule has 3 aromatic rings. The van der Waals surface area contributed by atoms with E-state index in [-0.39, 0.29) is 5.91 Å². The first-order chi connectivity index (χ1) is 8.65. The number of nitrogens with one attached hydrogen (secondary N) is 1. The summed E-state index contributed by atoms with van der Waals surface area (Å²) in [5.41, 5.74) is 1.67. The van der Waals surface area contributed by atoms with Crippen molar-refractivity contribution in [2.24, 2.45) is 7.05 Å². The van der Waals surface area contributed by atoms with Crippen LogP contribution in [0.1, 0.15) is 16.2 Å². The predicted octanol–water partition coefficient (Wildman–Crippen LogP) is 2.79. The van der Waals surface area contributed by atoms with E-state index in [2.05, 4.69) is 10.5 Å². The van der Waals surface area contributed by atoms with Crippen LogP contribution >= 0.6 is 11.3 Å². The van der Waals surface area contributed by atoms with Gasteiger partial charge in [-0.2, -0.15) is 0 Å². The van der Waals surface area contributed by atoms with Crippen LogP contribution in [0.3, 0.4) is 0 Å². The number of carbonyl (C=O) groups excluding carboxylic acids is 1. The van der Waals surface area contributed by atoms with Crippen molar-refractivity contribution in [1.29, 1.82) is 0 Å². The van der Waals surface area contributed by atoms with E-state index in [9.17, 15) is 4.79 Å². The van der Waals surface area contributed by atoms with Gasteiger partial charge in [-0.3, -0.25) is 4.79 Å². The fourth-order valence-electron chi connectivity index (χ4n) is 1.87. The fraction of sp³-hybridized carbons (Fsp3) is 0.167. The van der Waals surface area contributed by atoms with Gasteiger partial charge in [0.25, 0.3) is 5.91 Å². The maximum atomic E-state index is 12.1. The molecular formula is C12H11N3O2S. The van der Waals surface area contributed by atoms with Crippen LogP contribution in [0.15, 0.2) is 28.1 Å². The smallest absolute Gasteiger partial charge is 0.273 e. The lowest BCUT2D eigenvalue weighted by Gasteiger charge is -2.02. The van der Waals surface area contributed by atoms with E-state index in [0.717, 1.165) is 10.2 Å². The number of fused-ring (bicyclic) bond motifs is 1. The largest absolute Gasteiger partial charge is 0.360 e. The van der Waals surface area contributed by atoms with E-state index < -0.39 is 0 Å². The molecule has 0 aliphatic carbocycles. The van der Waals surface area contributed by atoms with Crippen LogP contribution < -0.4 is 5.32 Å². The van der Waals surface area contributed by atoms with Crippen LogP contribution in [0, 0.1) is 6.92 Å². The van der Waals surface area contributed by atoms with Crippen LogP contribution in [0.25, 0.3) is 10.2 Å². The third-order valence-corrected chi connectivity index (χ3v) is 3.62. The quantitative estimate of drug-likeness (QED) is 0.771. The molecule has 0 fully saturated rings. The molecule has 0 radical (unpaired) electrons. The minimum atomic E-state index is -0.186. The number of thiophene rings is 1. The Morgan fingerprint density at radius 2 is 2.33 bits per heavy atom. The first-order valence-corrected chi connectivity index (χ1v) is 6.31. The Kier molecular flexibility index (Phi) is 2.45. The standard InChI is InChI=1S/C12H11N3O2S/c1-7-5-11(14-17-7)13-12(16)9-6-10-8(15(9)2)3-4-18-10/h3-6H,1-2H3,(H,13,14,16). The maximum Gasteiger partial charge on any atom is 0.273 e. The van der Waals surface area contributed by atoms with Crippen LogP contribution in [0.5, 0.6) is 0 Å². The maximum absolute atomic E-state index is 12.1. The highest BCUT2D eigenvalue weighted by Crippen LogP contribution is 2.24. The molecule has 92 valence electrons. The van der Waals surface area contributed by atoms with Gasteiger partial charge in [0, 0.05) is 13.1 Å². The Hall–Kier alpha value is -2.08. The number of rotatable bonds is 2. The topological polar surface area (TPSA) is 60.1 Å². The number of anilines is 1. The molecule has 18 heavy (non-hydrogen) atoms. The number of hydrogen-bond donors (Lipinski definition) is 1. The van der Waals surface area contributed by atoms with Crippen molar-refractivity contribution in [1.82, 2.24) is 9.72 Å². The molecule has 0 unspecified atom stereocenters. The third-order valence-electron chi connectivity index (χ3n) is 2.77. The summed E-state index contributed by atoms with van der Waals surface area (Å²) in [5.74, 6) is 0.911. The lowest BCUT2D eigenvalue weighted by atomic mass is 10.4. The highest BCUT2D eigenvalue weighted by Gasteiger charge is 2.15. The summed E-state index contributed by atoms with van der Waals surface area (Å²) in [7, 11) is 1.87. The summed E-state index contributed by atoms with van der Waals surface area (Å²) < 4.78 is 7.87. The zero-order valence-electron chi connectivity index (χ0n) is 9.93. The lowest BCUT2D eigenvalue weighted by molar-refractivity contribution is 0.101. The third kappa shape index (κ3) is 1.70. The number of amides is 1. The van der Waals surface area contributed by atoms with Gasteiger partial charge in [-0.25, -0.2) is 0 Å². The molecule has 6 heteroatoms. The number of hydrogen-bond acceptors (Lipinski definition) is 4. The van der Waals surface area contributed by atoms with Crippen LogP contribution in [0.2, 0.25) is 0 Å². The second-order valence-corrected chi connectivity index (χ2v) is 4.98. The Bertz CT molecular complexity index is 723. The number of aromatic nitrogens is 2. The SMILES string of the molecule is Cc1cc(NC(=O)c2cc3sccc3n2C)no1. The molecule has 0 atom stereocenters. The molecule has 0 bridgehead atoms. The molecule has 3 aromatic heterocycles. The first kappa shape index (κ1) is 11.0. The molecule has 0 saturated carbocycles. The van der Waals surface area contributed by atoms with Crippen molar-refractivity contribution >= 4 is 33.3 Å². The van der Waals surface area contributed by atoms with Gasteiger partial charge in [-0.05, 0) is 24.4 Å². The predicted molar refractivity (Wildman–Crippen MR) is 70.0 cm³/mol. The Balaban J connectivity index is 1.92. The van der Waals surface area contributed by atoms with E-state index in [1.807, 2.05) is 29.1 Å². The molecule has 0 aliphatic heterocycles. The zero-order chi connectivity index (χ0) is 12.7. The van der Waals surface area contributed by atoms with Gasteiger partial charge in [0.15, 0.2) is 5.82 Å². The van der Waals surface area contributed by atoms with Crippen LogP contribution in [-0.2, 0) is 7.05 Å². The summed E-state index contributed by atoms with van der Waals surface area (Å²) in [6.45, 7) is 1.78. The van der Waals surface area contributed by atoms with E-state index in [4.69, 9.17) is 4.52 Å². The molecule has 5 nitrogen and oxygen atoms in total. The van der Waals surface area contributed by atoms with E-state index in [1.165, 1.54) is 0 Å². The second kappa shape index (κ2) is 3.99. The molecule has 1 N–H and O–H groups in total. The average Bonchev–Trinajstić information content (AvgIpc) is 2.98. The monoisotopic (exact) mass is 261 g/mol. The Labute approximate surface area is 107 Å². The van der Waals surface area contributed by atoms with E-state index in [0.29, 0.717) is 17.3 Å². The summed E-state index contributed by atoms with van der Waals surface area (Å²) in [6.07, 6.45) is 0. The average molecular weight is 261 g/mol. The highest BCUT2D eigenvalue weighted by molar-refractivity contribution is 7.17. The van der Waals surface area contributed by atoms with Gasteiger partial charge in [0.05, 0.1) is 10.2 Å². The molecule has 0 spiro atoms. The van der Waals surface area contributed by atoms with E-state index >= 15 is 0 Å². The van der Waals surface area contributed by atoms with Gasteiger partial charge < -0.3 is 14.4 Å².